The van der Waals surface area contributed by atoms with Crippen LogP contribution >= 0.6 is 0 Å². The third kappa shape index (κ3) is 7.00. The van der Waals surface area contributed by atoms with Crippen LogP contribution in [0, 0.1) is 0 Å². The van der Waals surface area contributed by atoms with Crippen LogP contribution in [-0.2, 0) is 11.0 Å². The average molecular weight is 562 g/mol. The first-order valence-corrected chi connectivity index (χ1v) is 10.9. The molecule has 0 radical (unpaired) electrons. The van der Waals surface area contributed by atoms with Crippen molar-refractivity contribution in [1.82, 2.24) is 0 Å². The van der Waals surface area contributed by atoms with Crippen molar-refractivity contribution >= 4 is 23.0 Å². The molecule has 5 nitrogen and oxygen atoms in total. The fraction of sp³-hybridized carbons (Fsp3) is 0.200. The van der Waals surface area contributed by atoms with E-state index in [2.05, 4.69) is 14.5 Å². The van der Waals surface area contributed by atoms with Gasteiger partial charge in [0, 0.05) is 12.1 Å². The topological polar surface area (TPSA) is 51.1 Å². The number of anilines is 1. The molecule has 0 saturated carbocycles. The predicted molar refractivity (Wildman–Crippen MR) is 120 cm³/mol. The van der Waals surface area contributed by atoms with Crippen molar-refractivity contribution in [2.75, 3.05) is 4.90 Å². The van der Waals surface area contributed by atoms with Crippen LogP contribution in [0.4, 0.5) is 50.9 Å². The molecule has 39 heavy (non-hydrogen) atoms. The molecule has 4 rings (SSSR count). The van der Waals surface area contributed by atoms with Crippen LogP contribution in [0.15, 0.2) is 77.8 Å². The van der Waals surface area contributed by atoms with E-state index in [1.807, 2.05) is 0 Å². The molecule has 206 valence electrons. The minimum atomic E-state index is -4.97. The van der Waals surface area contributed by atoms with Crippen LogP contribution in [0.1, 0.15) is 23.6 Å². The van der Waals surface area contributed by atoms with Crippen LogP contribution in [0.3, 0.4) is 0 Å². The highest BCUT2D eigenvalue weighted by Gasteiger charge is 2.40. The Kier molecular flexibility index (Phi) is 7.23. The molecule has 1 fully saturated rings. The molecule has 0 spiro atoms. The number of aliphatic imine (C=N–C) groups is 1. The zero-order valence-corrected chi connectivity index (χ0v) is 19.2. The number of hydrogen-bond donors (Lipinski definition) is 0. The minimum Gasteiger partial charge on any atom is -0.406 e. The minimum absolute atomic E-state index is 0.0519. The molecule has 3 aromatic rings. The Morgan fingerprint density at radius 2 is 1.28 bits per heavy atom. The molecule has 1 aliphatic rings. The highest BCUT2D eigenvalue weighted by Crippen LogP contribution is 2.40. The van der Waals surface area contributed by atoms with Crippen molar-refractivity contribution in [1.29, 1.82) is 0 Å². The van der Waals surface area contributed by atoms with Gasteiger partial charge in [-0.3, -0.25) is 9.69 Å². The molecule has 0 bridgehead atoms. The van der Waals surface area contributed by atoms with E-state index in [0.29, 0.717) is 0 Å². The average Bonchev–Trinajstić information content (AvgIpc) is 3.14. The van der Waals surface area contributed by atoms with Crippen molar-refractivity contribution in [3.63, 3.8) is 0 Å². The summed E-state index contributed by atoms with van der Waals surface area (Å²) in [5, 5.41) is 0. The predicted octanol–water partition coefficient (Wildman–Crippen LogP) is 7.75. The van der Waals surface area contributed by atoms with Gasteiger partial charge in [-0.2, -0.15) is 13.2 Å². The lowest BCUT2D eigenvalue weighted by molar-refractivity contribution is -0.275. The third-order valence-electron chi connectivity index (χ3n) is 5.45. The van der Waals surface area contributed by atoms with Gasteiger partial charge in [0.2, 0.25) is 0 Å². The van der Waals surface area contributed by atoms with Crippen LogP contribution < -0.4 is 14.4 Å². The van der Waals surface area contributed by atoms with Gasteiger partial charge in [0.05, 0.1) is 17.3 Å². The third-order valence-corrected chi connectivity index (χ3v) is 5.45. The molecule has 1 heterocycles. The van der Waals surface area contributed by atoms with E-state index in [-0.39, 0.29) is 29.1 Å². The number of alkyl halides is 9. The molecule has 1 saturated heterocycles. The molecule has 1 unspecified atom stereocenters. The van der Waals surface area contributed by atoms with Crippen LogP contribution in [0.25, 0.3) is 0 Å². The summed E-state index contributed by atoms with van der Waals surface area (Å²) >= 11 is 0. The smallest absolute Gasteiger partial charge is 0.406 e. The van der Waals surface area contributed by atoms with Gasteiger partial charge in [0.1, 0.15) is 17.2 Å². The summed E-state index contributed by atoms with van der Waals surface area (Å²) in [5.41, 5.74) is -0.931. The van der Waals surface area contributed by atoms with E-state index in [0.717, 1.165) is 71.6 Å². The van der Waals surface area contributed by atoms with Gasteiger partial charge < -0.3 is 9.47 Å². The van der Waals surface area contributed by atoms with Crippen molar-refractivity contribution in [3.05, 3.63) is 83.9 Å². The van der Waals surface area contributed by atoms with Gasteiger partial charge in [-0.25, -0.2) is 4.99 Å². The van der Waals surface area contributed by atoms with Crippen LogP contribution in [0.2, 0.25) is 0 Å². The summed E-state index contributed by atoms with van der Waals surface area (Å²) in [4.78, 5) is 18.6. The lowest BCUT2D eigenvalue weighted by Crippen LogP contribution is -2.29. The molecular weight excluding hydrogens is 547 g/mol. The highest BCUT2D eigenvalue weighted by molar-refractivity contribution is 6.46. The number of rotatable bonds is 5. The second-order valence-corrected chi connectivity index (χ2v) is 8.16. The van der Waals surface area contributed by atoms with E-state index >= 15 is 0 Å². The molecule has 0 N–H and O–H groups in total. The Morgan fingerprint density at radius 3 is 1.79 bits per heavy atom. The first kappa shape index (κ1) is 27.8. The SMILES string of the molecule is O=C1C(=Nc2ccc(OC(F)(F)F)cc2)CC(c2cccc(C(F)(F)F)c2)N1c1ccc(OC(F)(F)F)cc1. The Bertz CT molecular complexity index is 1360. The summed E-state index contributed by atoms with van der Waals surface area (Å²) in [7, 11) is 0. The Morgan fingerprint density at radius 1 is 0.744 bits per heavy atom. The zero-order chi connectivity index (χ0) is 28.6. The van der Waals surface area contributed by atoms with Crippen molar-refractivity contribution in [2.24, 2.45) is 4.99 Å². The number of nitrogens with zero attached hydrogens (tertiary/aromatic N) is 2. The summed E-state index contributed by atoms with van der Waals surface area (Å²) in [6, 6.07) is 11.5. The maximum Gasteiger partial charge on any atom is 0.573 e. The Balaban J connectivity index is 1.70. The van der Waals surface area contributed by atoms with Gasteiger partial charge in [0.15, 0.2) is 0 Å². The maximum absolute atomic E-state index is 13.3. The Labute approximate surface area is 214 Å². The van der Waals surface area contributed by atoms with Gasteiger partial charge in [-0.15, -0.1) is 26.3 Å². The molecule has 1 aliphatic heterocycles. The Hall–Kier alpha value is -4.23. The number of carbonyl (C=O) groups excluding carboxylic acids is 1. The molecule has 1 atom stereocenters. The molecule has 14 heteroatoms. The fourth-order valence-electron chi connectivity index (χ4n) is 3.91. The number of carbonyl (C=O) groups is 1. The lowest BCUT2D eigenvalue weighted by Gasteiger charge is -2.25. The first-order valence-electron chi connectivity index (χ1n) is 10.9. The van der Waals surface area contributed by atoms with Gasteiger partial charge in [0.25, 0.3) is 5.91 Å². The molecule has 3 aromatic carbocycles. The summed E-state index contributed by atoms with van der Waals surface area (Å²) in [6.07, 6.45) is -14.8. The summed E-state index contributed by atoms with van der Waals surface area (Å²) in [6.45, 7) is 0. The van der Waals surface area contributed by atoms with Crippen LogP contribution in [-0.4, -0.2) is 24.3 Å². The van der Waals surface area contributed by atoms with Gasteiger partial charge in [-0.1, -0.05) is 12.1 Å². The number of hydrogen-bond acceptors (Lipinski definition) is 4. The monoisotopic (exact) mass is 562 g/mol. The summed E-state index contributed by atoms with van der Waals surface area (Å²) < 4.78 is 122. The van der Waals surface area contributed by atoms with E-state index in [9.17, 15) is 44.3 Å². The highest BCUT2D eigenvalue weighted by atomic mass is 19.4. The normalized spacial score (nSPS) is 17.6. The number of amides is 1. The van der Waals surface area contributed by atoms with E-state index in [1.54, 1.807) is 0 Å². The van der Waals surface area contributed by atoms with Crippen LogP contribution in [0.5, 0.6) is 11.5 Å². The summed E-state index contributed by atoms with van der Waals surface area (Å²) in [5.74, 6) is -1.88. The van der Waals surface area contributed by atoms with Gasteiger partial charge >= 0.3 is 18.9 Å². The number of halogens is 9. The lowest BCUT2D eigenvalue weighted by atomic mass is 10.0. The standard InChI is InChI=1S/C25H15F9N2O3/c26-23(27,28)15-3-1-2-14(12-15)21-13-20(35-16-4-8-18(9-5-16)38-24(29,30)31)22(37)36(21)17-6-10-19(11-7-17)39-25(32,33)34/h1-12,21H,13H2. The second-order valence-electron chi connectivity index (χ2n) is 8.16. The van der Waals surface area contributed by atoms with Crippen molar-refractivity contribution in [3.8, 4) is 11.5 Å². The van der Waals surface area contributed by atoms with E-state index in [1.165, 1.54) is 6.07 Å². The number of ether oxygens (including phenoxy) is 2. The zero-order valence-electron chi connectivity index (χ0n) is 19.2. The largest absolute Gasteiger partial charge is 0.573 e. The number of benzene rings is 3. The quantitative estimate of drug-likeness (QED) is 0.299. The molecule has 0 aliphatic carbocycles. The van der Waals surface area contributed by atoms with E-state index in [4.69, 9.17) is 0 Å². The molecule has 1 amide bonds. The maximum atomic E-state index is 13.3. The molecular formula is C25H15F9N2O3. The van der Waals surface area contributed by atoms with Crippen molar-refractivity contribution < 1.29 is 53.8 Å². The van der Waals surface area contributed by atoms with E-state index < -0.39 is 47.9 Å². The van der Waals surface area contributed by atoms with Gasteiger partial charge in [-0.05, 0) is 66.2 Å². The fourth-order valence-corrected chi connectivity index (χ4v) is 3.91. The van der Waals surface area contributed by atoms with Crippen molar-refractivity contribution in [2.45, 2.75) is 31.4 Å². The first-order chi connectivity index (χ1) is 18.1. The molecule has 0 aromatic heterocycles. The second kappa shape index (κ2) is 10.2.